The Kier molecular flexibility index (Phi) is 3.09. The van der Waals surface area contributed by atoms with E-state index >= 15 is 0 Å². The molecular formula is C12H15ClO. The summed E-state index contributed by atoms with van der Waals surface area (Å²) in [6, 6.07) is 7.74. The first-order valence-electron chi connectivity index (χ1n) is 5.16. The Bertz CT molecular complexity index is 307. The van der Waals surface area contributed by atoms with Gasteiger partial charge in [-0.1, -0.05) is 36.6 Å². The lowest BCUT2D eigenvalue weighted by Crippen LogP contribution is -2.10. The van der Waals surface area contributed by atoms with E-state index in [1.54, 1.807) is 0 Å². The molecule has 1 unspecified atom stereocenters. The highest BCUT2D eigenvalue weighted by Gasteiger charge is 2.24. The molecule has 1 aromatic rings. The smallest absolute Gasteiger partial charge is 0.0583 e. The van der Waals surface area contributed by atoms with Crippen LogP contribution in [-0.2, 0) is 6.42 Å². The SMILES string of the molecule is OC(Cc1cccc(Cl)c1)CC1CC1. The molecule has 1 aliphatic rings. The van der Waals surface area contributed by atoms with Crippen LogP contribution in [-0.4, -0.2) is 11.2 Å². The van der Waals surface area contributed by atoms with Gasteiger partial charge in [0.25, 0.3) is 0 Å². The van der Waals surface area contributed by atoms with E-state index in [0.717, 1.165) is 29.3 Å². The molecule has 0 spiro atoms. The van der Waals surface area contributed by atoms with E-state index in [0.29, 0.717) is 0 Å². The third-order valence-corrected chi connectivity index (χ3v) is 2.90. The van der Waals surface area contributed by atoms with Crippen LogP contribution in [0.5, 0.6) is 0 Å². The second-order valence-corrected chi connectivity index (χ2v) is 4.60. The number of aliphatic hydroxyl groups excluding tert-OH is 1. The lowest BCUT2D eigenvalue weighted by Gasteiger charge is -2.09. The molecule has 0 radical (unpaired) electrons. The Morgan fingerprint density at radius 1 is 1.43 bits per heavy atom. The fourth-order valence-corrected chi connectivity index (χ4v) is 1.97. The summed E-state index contributed by atoms with van der Waals surface area (Å²) in [7, 11) is 0. The van der Waals surface area contributed by atoms with E-state index in [4.69, 9.17) is 11.6 Å². The van der Waals surface area contributed by atoms with Crippen molar-refractivity contribution in [2.24, 2.45) is 5.92 Å². The predicted octanol–water partition coefficient (Wildman–Crippen LogP) is 3.04. The Balaban J connectivity index is 1.88. The molecule has 0 aromatic heterocycles. The molecule has 2 heteroatoms. The monoisotopic (exact) mass is 210 g/mol. The minimum atomic E-state index is -0.194. The first-order valence-corrected chi connectivity index (χ1v) is 5.54. The fourth-order valence-electron chi connectivity index (χ4n) is 1.76. The van der Waals surface area contributed by atoms with Crippen molar-refractivity contribution in [3.05, 3.63) is 34.9 Å². The van der Waals surface area contributed by atoms with E-state index in [2.05, 4.69) is 0 Å². The topological polar surface area (TPSA) is 20.2 Å². The molecule has 1 atom stereocenters. The fraction of sp³-hybridized carbons (Fsp3) is 0.500. The summed E-state index contributed by atoms with van der Waals surface area (Å²) < 4.78 is 0. The maximum atomic E-state index is 9.76. The predicted molar refractivity (Wildman–Crippen MR) is 58.5 cm³/mol. The number of hydrogen-bond acceptors (Lipinski definition) is 1. The maximum Gasteiger partial charge on any atom is 0.0583 e. The third kappa shape index (κ3) is 3.00. The number of rotatable bonds is 4. The molecule has 0 amide bonds. The van der Waals surface area contributed by atoms with Crippen LogP contribution in [0.15, 0.2) is 24.3 Å². The Morgan fingerprint density at radius 2 is 2.21 bits per heavy atom. The molecule has 14 heavy (non-hydrogen) atoms. The Hall–Kier alpha value is -0.530. The van der Waals surface area contributed by atoms with Crippen molar-refractivity contribution >= 4 is 11.6 Å². The molecule has 0 heterocycles. The molecule has 76 valence electrons. The van der Waals surface area contributed by atoms with Gasteiger partial charge in [0, 0.05) is 5.02 Å². The van der Waals surface area contributed by atoms with E-state index < -0.39 is 0 Å². The van der Waals surface area contributed by atoms with Gasteiger partial charge in [-0.15, -0.1) is 0 Å². The molecular weight excluding hydrogens is 196 g/mol. The van der Waals surface area contributed by atoms with Gasteiger partial charge in [-0.25, -0.2) is 0 Å². The molecule has 0 aliphatic heterocycles. The van der Waals surface area contributed by atoms with Gasteiger partial charge < -0.3 is 5.11 Å². The van der Waals surface area contributed by atoms with Crippen LogP contribution in [0.1, 0.15) is 24.8 Å². The summed E-state index contributed by atoms with van der Waals surface area (Å²) in [6.45, 7) is 0. The average Bonchev–Trinajstić information content (AvgIpc) is 2.87. The van der Waals surface area contributed by atoms with Crippen LogP contribution in [0.2, 0.25) is 5.02 Å². The van der Waals surface area contributed by atoms with Gasteiger partial charge in [0.2, 0.25) is 0 Å². The normalized spacial score (nSPS) is 18.1. The summed E-state index contributed by atoms with van der Waals surface area (Å²) in [5, 5.41) is 10.5. The zero-order valence-electron chi connectivity index (χ0n) is 8.12. The molecule has 1 aliphatic carbocycles. The highest BCUT2D eigenvalue weighted by molar-refractivity contribution is 6.30. The van der Waals surface area contributed by atoms with Crippen LogP contribution in [0, 0.1) is 5.92 Å². The molecule has 0 saturated heterocycles. The van der Waals surface area contributed by atoms with Gasteiger partial charge in [-0.05, 0) is 36.5 Å². The van der Waals surface area contributed by atoms with E-state index in [-0.39, 0.29) is 6.10 Å². The largest absolute Gasteiger partial charge is 0.393 e. The quantitative estimate of drug-likeness (QED) is 0.810. The molecule has 1 N–H and O–H groups in total. The molecule has 1 aromatic carbocycles. The highest BCUT2D eigenvalue weighted by Crippen LogP contribution is 2.34. The first kappa shape index (κ1) is 10.0. The summed E-state index contributed by atoms with van der Waals surface area (Å²) in [4.78, 5) is 0. The number of benzene rings is 1. The molecule has 1 nitrogen and oxygen atoms in total. The van der Waals surface area contributed by atoms with Crippen LogP contribution >= 0.6 is 11.6 Å². The summed E-state index contributed by atoms with van der Waals surface area (Å²) in [6.07, 6.45) is 4.09. The minimum absolute atomic E-state index is 0.194. The highest BCUT2D eigenvalue weighted by atomic mass is 35.5. The van der Waals surface area contributed by atoms with Crippen LogP contribution in [0.3, 0.4) is 0 Å². The third-order valence-electron chi connectivity index (χ3n) is 2.66. The zero-order chi connectivity index (χ0) is 9.97. The van der Waals surface area contributed by atoms with Gasteiger partial charge in [0.05, 0.1) is 6.10 Å². The lowest BCUT2D eigenvalue weighted by molar-refractivity contribution is 0.158. The standard InChI is InChI=1S/C12H15ClO/c13-11-3-1-2-10(6-11)8-12(14)7-9-4-5-9/h1-3,6,9,12,14H,4-5,7-8H2. The number of hydrogen-bond donors (Lipinski definition) is 1. The van der Waals surface area contributed by atoms with Gasteiger partial charge in [-0.3, -0.25) is 0 Å². The number of halogens is 1. The van der Waals surface area contributed by atoms with Crippen LogP contribution in [0.25, 0.3) is 0 Å². The summed E-state index contributed by atoms with van der Waals surface area (Å²) >= 11 is 5.86. The van der Waals surface area contributed by atoms with Crippen molar-refractivity contribution in [3.63, 3.8) is 0 Å². The number of aliphatic hydroxyl groups is 1. The van der Waals surface area contributed by atoms with Crippen molar-refractivity contribution in [1.29, 1.82) is 0 Å². The first-order chi connectivity index (χ1) is 6.74. The second-order valence-electron chi connectivity index (χ2n) is 4.17. The summed E-state index contributed by atoms with van der Waals surface area (Å²) in [5.74, 6) is 0.782. The maximum absolute atomic E-state index is 9.76. The van der Waals surface area contributed by atoms with Crippen molar-refractivity contribution < 1.29 is 5.11 Å². The average molecular weight is 211 g/mol. The molecule has 0 bridgehead atoms. The summed E-state index contributed by atoms with van der Waals surface area (Å²) in [5.41, 5.74) is 1.13. The van der Waals surface area contributed by atoms with Crippen molar-refractivity contribution in [2.45, 2.75) is 31.8 Å². The Labute approximate surface area is 89.7 Å². The van der Waals surface area contributed by atoms with Crippen LogP contribution in [0.4, 0.5) is 0 Å². The van der Waals surface area contributed by atoms with Gasteiger partial charge in [0.1, 0.15) is 0 Å². The van der Waals surface area contributed by atoms with Crippen LogP contribution < -0.4 is 0 Å². The lowest BCUT2D eigenvalue weighted by atomic mass is 10.0. The van der Waals surface area contributed by atoms with Gasteiger partial charge >= 0.3 is 0 Å². The van der Waals surface area contributed by atoms with Gasteiger partial charge in [0.15, 0.2) is 0 Å². The Morgan fingerprint density at radius 3 is 2.86 bits per heavy atom. The van der Waals surface area contributed by atoms with Crippen molar-refractivity contribution in [3.8, 4) is 0 Å². The van der Waals surface area contributed by atoms with E-state index in [1.807, 2.05) is 24.3 Å². The zero-order valence-corrected chi connectivity index (χ0v) is 8.87. The molecule has 2 rings (SSSR count). The van der Waals surface area contributed by atoms with E-state index in [9.17, 15) is 5.11 Å². The van der Waals surface area contributed by atoms with Crippen molar-refractivity contribution in [1.82, 2.24) is 0 Å². The van der Waals surface area contributed by atoms with Crippen molar-refractivity contribution in [2.75, 3.05) is 0 Å². The minimum Gasteiger partial charge on any atom is -0.393 e. The molecule has 1 fully saturated rings. The molecule has 1 saturated carbocycles. The van der Waals surface area contributed by atoms with Gasteiger partial charge in [-0.2, -0.15) is 0 Å². The van der Waals surface area contributed by atoms with E-state index in [1.165, 1.54) is 12.8 Å². The second kappa shape index (κ2) is 4.33.